The van der Waals surface area contributed by atoms with Crippen LogP contribution in [0.4, 0.5) is 0 Å². The minimum absolute atomic E-state index is 0.00215. The highest BCUT2D eigenvalue weighted by atomic mass is 16.5. The van der Waals surface area contributed by atoms with Gasteiger partial charge >= 0.3 is 5.97 Å². The number of nitrogens with zero attached hydrogens (tertiary/aromatic N) is 1. The van der Waals surface area contributed by atoms with Gasteiger partial charge in [-0.25, -0.2) is 0 Å². The number of carbonyl (C=O) groups excluding carboxylic acids is 2. The van der Waals surface area contributed by atoms with E-state index < -0.39 is 5.97 Å². The Hall–Kier alpha value is -2.08. The van der Waals surface area contributed by atoms with Crippen LogP contribution in [-0.2, 0) is 19.1 Å². The molecule has 0 spiro atoms. The predicted octanol–water partition coefficient (Wildman–Crippen LogP) is 1.63. The SMILES string of the molecule is C[C@@H]1CN(C(=O)COC(=O)CCOc2ccccc2)C[C@@H](C)O1. The van der Waals surface area contributed by atoms with Crippen LogP contribution < -0.4 is 4.74 Å². The molecular weight excluding hydrogens is 298 g/mol. The van der Waals surface area contributed by atoms with E-state index in [9.17, 15) is 9.59 Å². The van der Waals surface area contributed by atoms with E-state index >= 15 is 0 Å². The van der Waals surface area contributed by atoms with Crippen molar-refractivity contribution in [2.24, 2.45) is 0 Å². The van der Waals surface area contributed by atoms with Crippen LogP contribution in [-0.4, -0.2) is 55.3 Å². The van der Waals surface area contributed by atoms with Crippen LogP contribution in [0.25, 0.3) is 0 Å². The fraction of sp³-hybridized carbons (Fsp3) is 0.529. The van der Waals surface area contributed by atoms with Crippen molar-refractivity contribution < 1.29 is 23.8 Å². The van der Waals surface area contributed by atoms with E-state index in [1.165, 1.54) is 0 Å². The van der Waals surface area contributed by atoms with Crippen molar-refractivity contribution in [3.63, 3.8) is 0 Å². The Kier molecular flexibility index (Phi) is 6.40. The number of amides is 1. The molecule has 2 atom stereocenters. The molecule has 1 saturated heterocycles. The van der Waals surface area contributed by atoms with Crippen LogP contribution in [0.2, 0.25) is 0 Å². The molecular formula is C17H23NO5. The summed E-state index contributed by atoms with van der Waals surface area (Å²) in [5, 5.41) is 0. The Morgan fingerprint density at radius 1 is 1.17 bits per heavy atom. The predicted molar refractivity (Wildman–Crippen MR) is 84.1 cm³/mol. The number of hydrogen-bond donors (Lipinski definition) is 0. The summed E-state index contributed by atoms with van der Waals surface area (Å²) in [7, 11) is 0. The highest BCUT2D eigenvalue weighted by molar-refractivity contribution is 5.80. The molecule has 1 aromatic rings. The summed E-state index contributed by atoms with van der Waals surface area (Å²) in [6, 6.07) is 9.23. The van der Waals surface area contributed by atoms with Gasteiger partial charge in [0.1, 0.15) is 5.75 Å². The molecule has 1 amide bonds. The van der Waals surface area contributed by atoms with Gasteiger partial charge in [0.15, 0.2) is 6.61 Å². The van der Waals surface area contributed by atoms with Crippen molar-refractivity contribution in [2.45, 2.75) is 32.5 Å². The van der Waals surface area contributed by atoms with Crippen molar-refractivity contribution in [3.8, 4) is 5.75 Å². The van der Waals surface area contributed by atoms with Crippen molar-refractivity contribution in [1.82, 2.24) is 4.90 Å². The van der Waals surface area contributed by atoms with Crippen molar-refractivity contribution in [3.05, 3.63) is 30.3 Å². The standard InChI is InChI=1S/C17H23NO5/c1-13-10-18(11-14(2)23-13)16(19)12-22-17(20)8-9-21-15-6-4-3-5-7-15/h3-7,13-14H,8-12H2,1-2H3/t13-,14-/m1/s1. The summed E-state index contributed by atoms with van der Waals surface area (Å²) >= 11 is 0. The maximum atomic E-state index is 12.1. The minimum atomic E-state index is -0.441. The normalized spacial score (nSPS) is 20.9. The average Bonchev–Trinajstić information content (AvgIpc) is 2.52. The van der Waals surface area contributed by atoms with E-state index in [0.29, 0.717) is 18.8 Å². The lowest BCUT2D eigenvalue weighted by atomic mass is 10.2. The lowest BCUT2D eigenvalue weighted by Gasteiger charge is -2.35. The zero-order valence-corrected chi connectivity index (χ0v) is 13.6. The molecule has 1 aliphatic rings. The van der Waals surface area contributed by atoms with Gasteiger partial charge in [0.05, 0.1) is 25.2 Å². The molecule has 0 radical (unpaired) electrons. The summed E-state index contributed by atoms with van der Waals surface area (Å²) in [6.07, 6.45) is 0.105. The third-order valence-electron chi connectivity index (χ3n) is 3.45. The first kappa shape index (κ1) is 17.3. The van der Waals surface area contributed by atoms with Crippen molar-refractivity contribution in [2.75, 3.05) is 26.3 Å². The number of ether oxygens (including phenoxy) is 3. The summed E-state index contributed by atoms with van der Waals surface area (Å²) in [5.41, 5.74) is 0. The molecule has 1 fully saturated rings. The van der Waals surface area contributed by atoms with Crippen LogP contribution in [0.15, 0.2) is 30.3 Å². The van der Waals surface area contributed by atoms with Crippen LogP contribution in [0.3, 0.4) is 0 Å². The molecule has 1 heterocycles. The summed E-state index contributed by atoms with van der Waals surface area (Å²) in [6.45, 7) is 4.88. The van der Waals surface area contributed by atoms with E-state index in [2.05, 4.69) is 0 Å². The summed E-state index contributed by atoms with van der Waals surface area (Å²) < 4.78 is 16.0. The van der Waals surface area contributed by atoms with E-state index in [0.717, 1.165) is 0 Å². The van der Waals surface area contributed by atoms with Gasteiger partial charge in [-0.1, -0.05) is 18.2 Å². The number of esters is 1. The summed E-state index contributed by atoms with van der Waals surface area (Å²) in [5.74, 6) is 0.0700. The second kappa shape index (κ2) is 8.53. The Morgan fingerprint density at radius 2 is 1.83 bits per heavy atom. The number of rotatable bonds is 6. The van der Waals surface area contributed by atoms with Crippen molar-refractivity contribution in [1.29, 1.82) is 0 Å². The number of benzene rings is 1. The average molecular weight is 321 g/mol. The number of para-hydroxylation sites is 1. The molecule has 6 nitrogen and oxygen atoms in total. The van der Waals surface area contributed by atoms with Crippen LogP contribution in [0.1, 0.15) is 20.3 Å². The monoisotopic (exact) mass is 321 g/mol. The molecule has 0 unspecified atom stereocenters. The molecule has 1 aromatic carbocycles. The molecule has 1 aliphatic heterocycles. The molecule has 0 aromatic heterocycles. The van der Waals surface area contributed by atoms with Crippen LogP contribution in [0.5, 0.6) is 5.75 Å². The maximum absolute atomic E-state index is 12.1. The first-order chi connectivity index (χ1) is 11.0. The lowest BCUT2D eigenvalue weighted by Crippen LogP contribution is -2.49. The van der Waals surface area contributed by atoms with Gasteiger partial charge in [-0.2, -0.15) is 0 Å². The van der Waals surface area contributed by atoms with Gasteiger partial charge in [-0.15, -0.1) is 0 Å². The molecule has 0 aliphatic carbocycles. The zero-order valence-electron chi connectivity index (χ0n) is 13.6. The molecule has 2 rings (SSSR count). The Labute approximate surface area is 136 Å². The molecule has 23 heavy (non-hydrogen) atoms. The number of carbonyl (C=O) groups is 2. The summed E-state index contributed by atoms with van der Waals surface area (Å²) in [4.78, 5) is 25.4. The first-order valence-electron chi connectivity index (χ1n) is 7.81. The molecule has 0 bridgehead atoms. The van der Waals surface area contributed by atoms with E-state index in [1.807, 2.05) is 44.2 Å². The molecule has 0 N–H and O–H groups in total. The fourth-order valence-corrected chi connectivity index (χ4v) is 2.46. The van der Waals surface area contributed by atoms with Gasteiger partial charge in [-0.3, -0.25) is 9.59 Å². The second-order valence-electron chi connectivity index (χ2n) is 5.63. The quantitative estimate of drug-likeness (QED) is 0.745. The van der Waals surface area contributed by atoms with Gasteiger partial charge in [0.25, 0.3) is 5.91 Å². The van der Waals surface area contributed by atoms with Crippen molar-refractivity contribution >= 4 is 11.9 Å². The van der Waals surface area contributed by atoms with E-state index in [-0.39, 0.29) is 37.7 Å². The largest absolute Gasteiger partial charge is 0.493 e. The third-order valence-corrected chi connectivity index (χ3v) is 3.45. The first-order valence-corrected chi connectivity index (χ1v) is 7.81. The van der Waals surface area contributed by atoms with Gasteiger partial charge < -0.3 is 19.1 Å². The highest BCUT2D eigenvalue weighted by Crippen LogP contribution is 2.11. The Morgan fingerprint density at radius 3 is 2.48 bits per heavy atom. The van der Waals surface area contributed by atoms with E-state index in [1.54, 1.807) is 4.90 Å². The molecule has 0 saturated carbocycles. The fourth-order valence-electron chi connectivity index (χ4n) is 2.46. The highest BCUT2D eigenvalue weighted by Gasteiger charge is 2.26. The third kappa shape index (κ3) is 5.90. The molecule has 6 heteroatoms. The van der Waals surface area contributed by atoms with E-state index in [4.69, 9.17) is 14.2 Å². The maximum Gasteiger partial charge on any atom is 0.309 e. The second-order valence-corrected chi connectivity index (χ2v) is 5.63. The Balaban J connectivity index is 1.64. The zero-order chi connectivity index (χ0) is 16.7. The van der Waals surface area contributed by atoms with Gasteiger partial charge in [-0.05, 0) is 26.0 Å². The minimum Gasteiger partial charge on any atom is -0.493 e. The Bertz CT molecular complexity index is 509. The molecule has 126 valence electrons. The van der Waals surface area contributed by atoms with Crippen LogP contribution >= 0.6 is 0 Å². The lowest BCUT2D eigenvalue weighted by molar-refractivity contribution is -0.157. The number of morpholine rings is 1. The number of hydrogen-bond acceptors (Lipinski definition) is 5. The smallest absolute Gasteiger partial charge is 0.309 e. The van der Waals surface area contributed by atoms with Crippen LogP contribution in [0, 0.1) is 0 Å². The van der Waals surface area contributed by atoms with Gasteiger partial charge in [0.2, 0.25) is 0 Å². The topological polar surface area (TPSA) is 65.1 Å². The van der Waals surface area contributed by atoms with Gasteiger partial charge in [0, 0.05) is 13.1 Å².